The maximum absolute atomic E-state index is 11.1. The van der Waals surface area contributed by atoms with Gasteiger partial charge in [-0.05, 0) is 35.4 Å². The molecule has 0 atom stereocenters. The summed E-state index contributed by atoms with van der Waals surface area (Å²) in [6.07, 6.45) is 0. The summed E-state index contributed by atoms with van der Waals surface area (Å²) in [6.45, 7) is 1.28. The highest BCUT2D eigenvalue weighted by Gasteiger charge is 2.02. The van der Waals surface area contributed by atoms with E-state index in [1.807, 2.05) is 18.2 Å². The summed E-state index contributed by atoms with van der Waals surface area (Å²) in [5.74, 6) is -0.864. The molecule has 0 saturated carbocycles. The molecule has 0 saturated heterocycles. The normalized spacial score (nSPS) is 10.3. The molecule has 2 amide bonds. The molecule has 5 nitrogen and oxygen atoms in total. The molecule has 2 aromatic rings. The molecule has 21 heavy (non-hydrogen) atoms. The summed E-state index contributed by atoms with van der Waals surface area (Å²) in [6, 6.07) is 14.3. The van der Waals surface area contributed by atoms with E-state index < -0.39 is 11.8 Å². The van der Waals surface area contributed by atoms with E-state index in [1.165, 1.54) is 0 Å². The van der Waals surface area contributed by atoms with Crippen LogP contribution in [0.1, 0.15) is 31.8 Å². The number of hydrogen-bond acceptors (Lipinski definition) is 3. The van der Waals surface area contributed by atoms with Crippen LogP contribution in [0.25, 0.3) is 0 Å². The standard InChI is InChI=1S/C16H17N3O2/c17-15(20)13-6-4-11(5-7-13)9-19-10-12-2-1-3-14(8-12)16(18)21/h1-8,19H,9-10H2,(H2,17,20)(H2,18,21). The Bertz CT molecular complexity index is 651. The lowest BCUT2D eigenvalue weighted by atomic mass is 10.1. The molecule has 0 radical (unpaired) electrons. The Morgan fingerprint density at radius 3 is 2.05 bits per heavy atom. The molecular formula is C16H17N3O2. The molecule has 0 fully saturated rings. The van der Waals surface area contributed by atoms with Gasteiger partial charge in [0.25, 0.3) is 0 Å². The second-order valence-corrected chi connectivity index (χ2v) is 4.73. The van der Waals surface area contributed by atoms with Crippen LogP contribution < -0.4 is 16.8 Å². The Labute approximate surface area is 123 Å². The molecule has 0 aliphatic carbocycles. The fourth-order valence-corrected chi connectivity index (χ4v) is 1.97. The van der Waals surface area contributed by atoms with Gasteiger partial charge in [0.15, 0.2) is 0 Å². The third-order valence-electron chi connectivity index (χ3n) is 3.11. The fourth-order valence-electron chi connectivity index (χ4n) is 1.97. The predicted molar refractivity (Wildman–Crippen MR) is 80.5 cm³/mol. The van der Waals surface area contributed by atoms with Crippen LogP contribution in [-0.2, 0) is 13.1 Å². The van der Waals surface area contributed by atoms with E-state index in [-0.39, 0.29) is 0 Å². The maximum atomic E-state index is 11.1. The molecule has 2 aromatic carbocycles. The molecule has 2 rings (SSSR count). The summed E-state index contributed by atoms with van der Waals surface area (Å²) < 4.78 is 0. The molecule has 108 valence electrons. The van der Waals surface area contributed by atoms with Crippen molar-refractivity contribution in [2.24, 2.45) is 11.5 Å². The molecule has 5 heteroatoms. The van der Waals surface area contributed by atoms with Crippen LogP contribution in [0, 0.1) is 0 Å². The average molecular weight is 283 g/mol. The Kier molecular flexibility index (Phi) is 4.68. The summed E-state index contributed by atoms with van der Waals surface area (Å²) in [5, 5.41) is 3.26. The van der Waals surface area contributed by atoms with Gasteiger partial charge < -0.3 is 16.8 Å². The first-order chi connectivity index (χ1) is 10.1. The predicted octanol–water partition coefficient (Wildman–Crippen LogP) is 1.17. The number of amides is 2. The first-order valence-electron chi connectivity index (χ1n) is 6.54. The van der Waals surface area contributed by atoms with Crippen molar-refractivity contribution in [1.82, 2.24) is 5.32 Å². The van der Waals surface area contributed by atoms with Crippen LogP contribution in [0.4, 0.5) is 0 Å². The Balaban J connectivity index is 1.90. The number of benzene rings is 2. The SMILES string of the molecule is NC(=O)c1ccc(CNCc2cccc(C(N)=O)c2)cc1. The van der Waals surface area contributed by atoms with Crippen molar-refractivity contribution in [3.8, 4) is 0 Å². The lowest BCUT2D eigenvalue weighted by Crippen LogP contribution is -2.15. The molecule has 0 unspecified atom stereocenters. The molecule has 0 aliphatic rings. The Hall–Kier alpha value is -2.66. The van der Waals surface area contributed by atoms with Gasteiger partial charge in [-0.15, -0.1) is 0 Å². The zero-order chi connectivity index (χ0) is 15.2. The number of primary amides is 2. The highest BCUT2D eigenvalue weighted by atomic mass is 16.1. The zero-order valence-corrected chi connectivity index (χ0v) is 11.5. The summed E-state index contributed by atoms with van der Waals surface area (Å²) in [7, 11) is 0. The van der Waals surface area contributed by atoms with Crippen LogP contribution in [0.5, 0.6) is 0 Å². The minimum Gasteiger partial charge on any atom is -0.366 e. The molecule has 5 N–H and O–H groups in total. The van der Waals surface area contributed by atoms with Crippen molar-refractivity contribution < 1.29 is 9.59 Å². The van der Waals surface area contributed by atoms with E-state index in [9.17, 15) is 9.59 Å². The second-order valence-electron chi connectivity index (χ2n) is 4.73. The molecule has 0 spiro atoms. The van der Waals surface area contributed by atoms with Crippen molar-refractivity contribution >= 4 is 11.8 Å². The van der Waals surface area contributed by atoms with Gasteiger partial charge >= 0.3 is 0 Å². The molecule has 0 heterocycles. The van der Waals surface area contributed by atoms with Gasteiger partial charge in [0.2, 0.25) is 11.8 Å². The molecule has 0 bridgehead atoms. The third kappa shape index (κ3) is 4.15. The van der Waals surface area contributed by atoms with Crippen molar-refractivity contribution in [1.29, 1.82) is 0 Å². The van der Waals surface area contributed by atoms with E-state index >= 15 is 0 Å². The van der Waals surface area contributed by atoms with Gasteiger partial charge in [-0.1, -0.05) is 24.3 Å². The van der Waals surface area contributed by atoms with Crippen molar-refractivity contribution in [2.45, 2.75) is 13.1 Å². The number of carbonyl (C=O) groups is 2. The number of hydrogen-bond donors (Lipinski definition) is 3. The smallest absolute Gasteiger partial charge is 0.248 e. The molecular weight excluding hydrogens is 266 g/mol. The van der Waals surface area contributed by atoms with Crippen LogP contribution in [0.15, 0.2) is 48.5 Å². The molecule has 0 aliphatic heterocycles. The van der Waals surface area contributed by atoms with Crippen LogP contribution >= 0.6 is 0 Å². The third-order valence-corrected chi connectivity index (χ3v) is 3.11. The minimum absolute atomic E-state index is 0.432. The Morgan fingerprint density at radius 1 is 0.810 bits per heavy atom. The zero-order valence-electron chi connectivity index (χ0n) is 11.5. The van der Waals surface area contributed by atoms with E-state index in [0.29, 0.717) is 24.2 Å². The number of carbonyl (C=O) groups excluding carboxylic acids is 2. The summed E-state index contributed by atoms with van der Waals surface area (Å²) in [5.41, 5.74) is 13.5. The van der Waals surface area contributed by atoms with Gasteiger partial charge in [0, 0.05) is 24.2 Å². The summed E-state index contributed by atoms with van der Waals surface area (Å²) in [4.78, 5) is 22.1. The highest BCUT2D eigenvalue weighted by molar-refractivity contribution is 5.93. The van der Waals surface area contributed by atoms with Crippen LogP contribution in [0.2, 0.25) is 0 Å². The summed E-state index contributed by atoms with van der Waals surface area (Å²) >= 11 is 0. The van der Waals surface area contributed by atoms with E-state index in [1.54, 1.807) is 30.3 Å². The van der Waals surface area contributed by atoms with Gasteiger partial charge in [-0.25, -0.2) is 0 Å². The topological polar surface area (TPSA) is 98.2 Å². The monoisotopic (exact) mass is 283 g/mol. The van der Waals surface area contributed by atoms with Crippen LogP contribution in [0.3, 0.4) is 0 Å². The largest absolute Gasteiger partial charge is 0.366 e. The first-order valence-corrected chi connectivity index (χ1v) is 6.54. The lowest BCUT2D eigenvalue weighted by Gasteiger charge is -2.06. The van der Waals surface area contributed by atoms with Crippen molar-refractivity contribution in [2.75, 3.05) is 0 Å². The van der Waals surface area contributed by atoms with Gasteiger partial charge in [0.05, 0.1) is 0 Å². The first kappa shape index (κ1) is 14.7. The highest BCUT2D eigenvalue weighted by Crippen LogP contribution is 2.06. The maximum Gasteiger partial charge on any atom is 0.248 e. The average Bonchev–Trinajstić information content (AvgIpc) is 2.48. The van der Waals surface area contributed by atoms with Crippen molar-refractivity contribution in [3.63, 3.8) is 0 Å². The van der Waals surface area contributed by atoms with Gasteiger partial charge in [0.1, 0.15) is 0 Å². The molecule has 0 aromatic heterocycles. The Morgan fingerprint density at radius 2 is 1.43 bits per heavy atom. The minimum atomic E-state index is -0.433. The van der Waals surface area contributed by atoms with Gasteiger partial charge in [-0.3, -0.25) is 9.59 Å². The van der Waals surface area contributed by atoms with Crippen LogP contribution in [-0.4, -0.2) is 11.8 Å². The van der Waals surface area contributed by atoms with Gasteiger partial charge in [-0.2, -0.15) is 0 Å². The van der Waals surface area contributed by atoms with Crippen molar-refractivity contribution in [3.05, 3.63) is 70.8 Å². The quantitative estimate of drug-likeness (QED) is 0.742. The number of nitrogens with two attached hydrogens (primary N) is 2. The van der Waals surface area contributed by atoms with E-state index in [2.05, 4.69) is 5.32 Å². The number of nitrogens with one attached hydrogen (secondary N) is 1. The second kappa shape index (κ2) is 6.67. The van der Waals surface area contributed by atoms with E-state index in [4.69, 9.17) is 11.5 Å². The van der Waals surface area contributed by atoms with E-state index in [0.717, 1.165) is 11.1 Å². The number of rotatable bonds is 6. The lowest BCUT2D eigenvalue weighted by molar-refractivity contribution is 0.0991. The fraction of sp³-hybridized carbons (Fsp3) is 0.125.